The zero-order valence-electron chi connectivity index (χ0n) is 11.5. The second-order valence-electron chi connectivity index (χ2n) is 5.05. The third kappa shape index (κ3) is 2.40. The van der Waals surface area contributed by atoms with E-state index in [9.17, 15) is 0 Å². The molecule has 0 bridgehead atoms. The van der Waals surface area contributed by atoms with Crippen molar-refractivity contribution in [2.24, 2.45) is 0 Å². The van der Waals surface area contributed by atoms with Crippen LogP contribution in [0.1, 0.15) is 47.9 Å². The number of aryl methyl sites for hydroxylation is 3. The summed E-state index contributed by atoms with van der Waals surface area (Å²) in [6.07, 6.45) is 2.19. The Kier molecular flexibility index (Phi) is 3.10. The standard InChI is InChI=1S/C13H18N4O2/c1-8-9(2)18-12(14-8)7-17-6-4-5-11(17)13-15-10(3)19-16-13/h11H,4-7H2,1-3H3. The first-order valence-electron chi connectivity index (χ1n) is 6.60. The van der Waals surface area contributed by atoms with Crippen LogP contribution < -0.4 is 0 Å². The highest BCUT2D eigenvalue weighted by Crippen LogP contribution is 2.31. The minimum Gasteiger partial charge on any atom is -0.444 e. The van der Waals surface area contributed by atoms with Crippen molar-refractivity contribution in [1.29, 1.82) is 0 Å². The van der Waals surface area contributed by atoms with E-state index in [0.717, 1.165) is 42.6 Å². The van der Waals surface area contributed by atoms with Crippen LogP contribution in [0.5, 0.6) is 0 Å². The third-order valence-electron chi connectivity index (χ3n) is 3.62. The first kappa shape index (κ1) is 12.3. The summed E-state index contributed by atoms with van der Waals surface area (Å²) in [6.45, 7) is 7.43. The first-order chi connectivity index (χ1) is 9.13. The van der Waals surface area contributed by atoms with E-state index >= 15 is 0 Å². The zero-order valence-corrected chi connectivity index (χ0v) is 11.5. The number of hydrogen-bond acceptors (Lipinski definition) is 6. The molecule has 1 unspecified atom stereocenters. The molecule has 0 amide bonds. The lowest BCUT2D eigenvalue weighted by atomic mass is 10.2. The second kappa shape index (κ2) is 4.77. The molecule has 0 aromatic carbocycles. The normalized spacial score (nSPS) is 20.3. The molecule has 6 nitrogen and oxygen atoms in total. The summed E-state index contributed by atoms with van der Waals surface area (Å²) in [7, 11) is 0. The van der Waals surface area contributed by atoms with Crippen LogP contribution in [0.15, 0.2) is 8.94 Å². The number of hydrogen-bond donors (Lipinski definition) is 0. The average Bonchev–Trinajstić information content (AvgIpc) is 3.03. The predicted molar refractivity (Wildman–Crippen MR) is 67.4 cm³/mol. The Bertz CT molecular complexity index is 555. The van der Waals surface area contributed by atoms with E-state index in [1.54, 1.807) is 0 Å². The van der Waals surface area contributed by atoms with Gasteiger partial charge in [-0.1, -0.05) is 5.16 Å². The van der Waals surface area contributed by atoms with Gasteiger partial charge in [-0.15, -0.1) is 0 Å². The summed E-state index contributed by atoms with van der Waals surface area (Å²) in [5.74, 6) is 3.04. The van der Waals surface area contributed by atoms with Crippen LogP contribution in [0.3, 0.4) is 0 Å². The highest BCUT2D eigenvalue weighted by molar-refractivity contribution is 5.06. The number of rotatable bonds is 3. The molecule has 3 rings (SSSR count). The van der Waals surface area contributed by atoms with Crippen LogP contribution in [0.25, 0.3) is 0 Å². The molecule has 0 saturated carbocycles. The monoisotopic (exact) mass is 262 g/mol. The van der Waals surface area contributed by atoms with Crippen LogP contribution in [0.2, 0.25) is 0 Å². The number of oxazole rings is 1. The molecule has 1 atom stereocenters. The fourth-order valence-corrected chi connectivity index (χ4v) is 2.54. The maximum absolute atomic E-state index is 5.65. The van der Waals surface area contributed by atoms with Crippen LogP contribution in [0, 0.1) is 20.8 Å². The van der Waals surface area contributed by atoms with Gasteiger partial charge in [-0.2, -0.15) is 4.98 Å². The Morgan fingerprint density at radius 3 is 2.74 bits per heavy atom. The minimum absolute atomic E-state index is 0.213. The maximum atomic E-state index is 5.65. The zero-order chi connectivity index (χ0) is 13.4. The van der Waals surface area contributed by atoms with Crippen molar-refractivity contribution < 1.29 is 8.94 Å². The van der Waals surface area contributed by atoms with Gasteiger partial charge in [0.1, 0.15) is 5.76 Å². The highest BCUT2D eigenvalue weighted by atomic mass is 16.5. The summed E-state index contributed by atoms with van der Waals surface area (Å²) >= 11 is 0. The number of aromatic nitrogens is 3. The SMILES string of the molecule is Cc1nc(C2CCCN2Cc2nc(C)c(C)o2)no1. The van der Waals surface area contributed by atoms with Gasteiger partial charge in [0.15, 0.2) is 5.82 Å². The smallest absolute Gasteiger partial charge is 0.223 e. The van der Waals surface area contributed by atoms with E-state index < -0.39 is 0 Å². The molecule has 19 heavy (non-hydrogen) atoms. The fraction of sp³-hybridized carbons (Fsp3) is 0.615. The van der Waals surface area contributed by atoms with Crippen LogP contribution in [-0.4, -0.2) is 26.6 Å². The molecule has 0 N–H and O–H groups in total. The van der Waals surface area contributed by atoms with Gasteiger partial charge in [-0.05, 0) is 33.2 Å². The topological polar surface area (TPSA) is 68.2 Å². The van der Waals surface area contributed by atoms with Crippen molar-refractivity contribution in [3.05, 3.63) is 29.1 Å². The van der Waals surface area contributed by atoms with E-state index in [-0.39, 0.29) is 6.04 Å². The van der Waals surface area contributed by atoms with Gasteiger partial charge in [0.05, 0.1) is 18.3 Å². The highest BCUT2D eigenvalue weighted by Gasteiger charge is 2.30. The van der Waals surface area contributed by atoms with Gasteiger partial charge in [0.2, 0.25) is 11.8 Å². The lowest BCUT2D eigenvalue weighted by molar-refractivity contribution is 0.211. The third-order valence-corrected chi connectivity index (χ3v) is 3.62. The van der Waals surface area contributed by atoms with Gasteiger partial charge in [0.25, 0.3) is 0 Å². The molecular weight excluding hydrogens is 244 g/mol. The molecule has 2 aromatic heterocycles. The molecular formula is C13H18N4O2. The van der Waals surface area contributed by atoms with Gasteiger partial charge in [-0.25, -0.2) is 4.98 Å². The van der Waals surface area contributed by atoms with E-state index in [4.69, 9.17) is 8.94 Å². The van der Waals surface area contributed by atoms with Crippen molar-refractivity contribution in [1.82, 2.24) is 20.0 Å². The molecule has 2 aromatic rings. The lowest BCUT2D eigenvalue weighted by Gasteiger charge is -2.19. The quantitative estimate of drug-likeness (QED) is 0.845. The lowest BCUT2D eigenvalue weighted by Crippen LogP contribution is -2.23. The summed E-state index contributed by atoms with van der Waals surface area (Å²) in [4.78, 5) is 11.1. The fourth-order valence-electron chi connectivity index (χ4n) is 2.54. The van der Waals surface area contributed by atoms with Crippen molar-refractivity contribution in [2.75, 3.05) is 6.54 Å². The Balaban J connectivity index is 1.76. The molecule has 0 aliphatic carbocycles. The summed E-state index contributed by atoms with van der Waals surface area (Å²) in [6, 6.07) is 0.213. The van der Waals surface area contributed by atoms with Crippen molar-refractivity contribution in [3.63, 3.8) is 0 Å². The van der Waals surface area contributed by atoms with Gasteiger partial charge >= 0.3 is 0 Å². The molecule has 102 valence electrons. The molecule has 1 aliphatic heterocycles. The van der Waals surface area contributed by atoms with Crippen molar-refractivity contribution in [3.8, 4) is 0 Å². The van der Waals surface area contributed by atoms with Crippen LogP contribution in [0.4, 0.5) is 0 Å². The minimum atomic E-state index is 0.213. The van der Waals surface area contributed by atoms with Crippen molar-refractivity contribution in [2.45, 2.75) is 46.2 Å². The number of likely N-dealkylation sites (tertiary alicyclic amines) is 1. The van der Waals surface area contributed by atoms with Gasteiger partial charge < -0.3 is 8.94 Å². The molecule has 1 fully saturated rings. The Hall–Kier alpha value is -1.69. The summed E-state index contributed by atoms with van der Waals surface area (Å²) in [5, 5.41) is 4.03. The van der Waals surface area contributed by atoms with Crippen LogP contribution in [-0.2, 0) is 6.54 Å². The van der Waals surface area contributed by atoms with E-state index in [2.05, 4.69) is 20.0 Å². The van der Waals surface area contributed by atoms with Crippen LogP contribution >= 0.6 is 0 Å². The molecule has 3 heterocycles. The molecule has 0 spiro atoms. The van der Waals surface area contributed by atoms with E-state index in [1.165, 1.54) is 0 Å². The van der Waals surface area contributed by atoms with Crippen molar-refractivity contribution >= 4 is 0 Å². The average molecular weight is 262 g/mol. The number of nitrogens with zero attached hydrogens (tertiary/aromatic N) is 4. The van der Waals surface area contributed by atoms with E-state index in [0.29, 0.717) is 12.4 Å². The Morgan fingerprint density at radius 1 is 1.26 bits per heavy atom. The molecule has 0 radical (unpaired) electrons. The Morgan fingerprint density at radius 2 is 2.11 bits per heavy atom. The second-order valence-corrected chi connectivity index (χ2v) is 5.05. The molecule has 1 aliphatic rings. The largest absolute Gasteiger partial charge is 0.444 e. The molecule has 1 saturated heterocycles. The molecule has 6 heteroatoms. The van der Waals surface area contributed by atoms with Gasteiger partial charge in [-0.3, -0.25) is 4.90 Å². The maximum Gasteiger partial charge on any atom is 0.223 e. The first-order valence-corrected chi connectivity index (χ1v) is 6.60. The van der Waals surface area contributed by atoms with E-state index in [1.807, 2.05) is 20.8 Å². The summed E-state index contributed by atoms with van der Waals surface area (Å²) < 4.78 is 10.7. The summed E-state index contributed by atoms with van der Waals surface area (Å²) in [5.41, 5.74) is 0.959. The predicted octanol–water partition coefficient (Wildman–Crippen LogP) is 2.32. The Labute approximate surface area is 111 Å². The van der Waals surface area contributed by atoms with Gasteiger partial charge in [0, 0.05) is 6.92 Å².